The highest BCUT2D eigenvalue weighted by Crippen LogP contribution is 2.24. The van der Waals surface area contributed by atoms with E-state index in [0.29, 0.717) is 23.6 Å². The lowest BCUT2D eigenvalue weighted by Crippen LogP contribution is -2.51. The highest BCUT2D eigenvalue weighted by Gasteiger charge is 2.30. The maximum atomic E-state index is 13.7. The summed E-state index contributed by atoms with van der Waals surface area (Å²) in [7, 11) is -3.93. The van der Waals surface area contributed by atoms with Crippen LogP contribution in [0.1, 0.15) is 25.8 Å². The molecule has 0 heterocycles. The lowest BCUT2D eigenvalue weighted by atomic mass is 10.1. The van der Waals surface area contributed by atoms with Crippen molar-refractivity contribution in [2.75, 3.05) is 23.7 Å². The molecule has 0 aliphatic carbocycles. The fraction of sp³-hybridized carbons (Fsp3) is 0.364. The van der Waals surface area contributed by atoms with Crippen molar-refractivity contribution < 1.29 is 22.4 Å². The number of carbonyl (C=O) groups is 2. The number of nitrogens with zero attached hydrogens (tertiary/aromatic N) is 2. The molecule has 2 rings (SSSR count). The average molecular weight is 518 g/mol. The SMILES string of the molecule is CCCNC(=O)[C@@H](C)N(Cc1ccc(Cl)c(Cl)c1)C(=O)CN(c1cccc(F)c1)S(C)(=O)=O. The van der Waals surface area contributed by atoms with Gasteiger partial charge in [-0.25, -0.2) is 12.8 Å². The van der Waals surface area contributed by atoms with E-state index >= 15 is 0 Å². The third-order valence-corrected chi connectivity index (χ3v) is 6.71. The summed E-state index contributed by atoms with van der Waals surface area (Å²) in [4.78, 5) is 27.2. The molecule has 11 heteroatoms. The summed E-state index contributed by atoms with van der Waals surface area (Å²) in [6.45, 7) is 3.24. The number of carbonyl (C=O) groups excluding carboxylic acids is 2. The van der Waals surface area contributed by atoms with E-state index in [2.05, 4.69) is 5.32 Å². The number of anilines is 1. The van der Waals surface area contributed by atoms with Gasteiger partial charge in [-0.3, -0.25) is 13.9 Å². The molecule has 0 bridgehead atoms. The molecule has 1 N–H and O–H groups in total. The van der Waals surface area contributed by atoms with Crippen LogP contribution in [0.4, 0.5) is 10.1 Å². The van der Waals surface area contributed by atoms with Gasteiger partial charge in [0.25, 0.3) is 0 Å². The van der Waals surface area contributed by atoms with Crippen LogP contribution in [-0.2, 0) is 26.2 Å². The molecule has 0 unspecified atom stereocenters. The quantitative estimate of drug-likeness (QED) is 0.518. The second kappa shape index (κ2) is 11.7. The topological polar surface area (TPSA) is 86.8 Å². The van der Waals surface area contributed by atoms with Crippen LogP contribution >= 0.6 is 23.2 Å². The summed E-state index contributed by atoms with van der Waals surface area (Å²) in [5.74, 6) is -1.68. The van der Waals surface area contributed by atoms with Crippen molar-refractivity contribution in [3.63, 3.8) is 0 Å². The minimum absolute atomic E-state index is 0.00317. The van der Waals surface area contributed by atoms with Gasteiger partial charge in [0.15, 0.2) is 0 Å². The van der Waals surface area contributed by atoms with E-state index in [1.807, 2.05) is 6.92 Å². The Balaban J connectivity index is 2.39. The number of nitrogens with one attached hydrogen (secondary N) is 1. The summed E-state index contributed by atoms with van der Waals surface area (Å²) >= 11 is 12.1. The van der Waals surface area contributed by atoms with E-state index in [9.17, 15) is 22.4 Å². The van der Waals surface area contributed by atoms with Gasteiger partial charge in [-0.2, -0.15) is 0 Å². The molecule has 33 heavy (non-hydrogen) atoms. The summed E-state index contributed by atoms with van der Waals surface area (Å²) in [6.07, 6.45) is 1.63. The molecule has 0 radical (unpaired) electrons. The highest BCUT2D eigenvalue weighted by molar-refractivity contribution is 7.92. The zero-order chi connectivity index (χ0) is 24.8. The van der Waals surface area contributed by atoms with E-state index in [4.69, 9.17) is 23.2 Å². The standard InChI is InChI=1S/C22H26Cl2FN3O4S/c1-4-10-26-22(30)15(2)27(13-16-8-9-19(23)20(24)11-16)21(29)14-28(33(3,31)32)18-7-5-6-17(25)12-18/h5-9,11-12,15H,4,10,13-14H2,1-3H3,(H,26,30)/t15-/m1/s1. The molecule has 0 fully saturated rings. The van der Waals surface area contributed by atoms with E-state index in [0.717, 1.165) is 16.6 Å². The zero-order valence-corrected chi connectivity index (χ0v) is 20.8. The number of benzene rings is 2. The summed E-state index contributed by atoms with van der Waals surface area (Å²) in [5, 5.41) is 3.35. The zero-order valence-electron chi connectivity index (χ0n) is 18.5. The second-order valence-electron chi connectivity index (χ2n) is 7.49. The molecule has 180 valence electrons. The van der Waals surface area contributed by atoms with Crippen LogP contribution in [0.25, 0.3) is 0 Å². The van der Waals surface area contributed by atoms with Crippen LogP contribution in [0.15, 0.2) is 42.5 Å². The third kappa shape index (κ3) is 7.58. The summed E-state index contributed by atoms with van der Waals surface area (Å²) in [5.41, 5.74) is 0.605. The van der Waals surface area contributed by atoms with Crippen LogP contribution in [0.2, 0.25) is 10.0 Å². The van der Waals surface area contributed by atoms with Gasteiger partial charge >= 0.3 is 0 Å². The van der Waals surface area contributed by atoms with Gasteiger partial charge in [-0.1, -0.05) is 42.3 Å². The van der Waals surface area contributed by atoms with Gasteiger partial charge < -0.3 is 10.2 Å². The Labute approximate surface area is 203 Å². The van der Waals surface area contributed by atoms with Gasteiger partial charge in [0, 0.05) is 13.1 Å². The second-order valence-corrected chi connectivity index (χ2v) is 10.2. The predicted molar refractivity (Wildman–Crippen MR) is 128 cm³/mol. The van der Waals surface area contributed by atoms with E-state index in [1.165, 1.54) is 23.1 Å². The average Bonchev–Trinajstić information content (AvgIpc) is 2.75. The first-order valence-corrected chi connectivity index (χ1v) is 12.8. The number of amides is 2. The first-order chi connectivity index (χ1) is 15.4. The van der Waals surface area contributed by atoms with Gasteiger partial charge in [-0.05, 0) is 49.2 Å². The maximum Gasteiger partial charge on any atom is 0.244 e. The first kappa shape index (κ1) is 26.9. The smallest absolute Gasteiger partial charge is 0.244 e. The number of sulfonamides is 1. The minimum Gasteiger partial charge on any atom is -0.354 e. The Bertz CT molecular complexity index is 1110. The molecule has 2 aromatic carbocycles. The summed E-state index contributed by atoms with van der Waals surface area (Å²) in [6, 6.07) is 8.82. The van der Waals surface area contributed by atoms with Crippen LogP contribution in [0.5, 0.6) is 0 Å². The van der Waals surface area contributed by atoms with Gasteiger partial charge in [0.2, 0.25) is 21.8 Å². The molecule has 2 amide bonds. The van der Waals surface area contributed by atoms with Gasteiger partial charge in [0.1, 0.15) is 18.4 Å². The largest absolute Gasteiger partial charge is 0.354 e. The molecule has 0 aromatic heterocycles. The number of rotatable bonds is 10. The van der Waals surface area contributed by atoms with Crippen molar-refractivity contribution in [2.24, 2.45) is 0 Å². The van der Waals surface area contributed by atoms with Crippen molar-refractivity contribution in [1.82, 2.24) is 10.2 Å². The fourth-order valence-corrected chi connectivity index (χ4v) is 4.22. The third-order valence-electron chi connectivity index (χ3n) is 4.83. The number of halogens is 3. The Morgan fingerprint density at radius 3 is 2.39 bits per heavy atom. The lowest BCUT2D eigenvalue weighted by Gasteiger charge is -2.31. The Morgan fingerprint density at radius 2 is 1.82 bits per heavy atom. The van der Waals surface area contributed by atoms with E-state index in [1.54, 1.807) is 25.1 Å². The van der Waals surface area contributed by atoms with Crippen LogP contribution in [0.3, 0.4) is 0 Å². The van der Waals surface area contributed by atoms with Gasteiger partial charge in [-0.15, -0.1) is 0 Å². The maximum absolute atomic E-state index is 13.7. The fourth-order valence-electron chi connectivity index (χ4n) is 3.06. The molecule has 0 aliphatic heterocycles. The highest BCUT2D eigenvalue weighted by atomic mass is 35.5. The Morgan fingerprint density at radius 1 is 1.12 bits per heavy atom. The normalized spacial score (nSPS) is 12.2. The molecule has 7 nitrogen and oxygen atoms in total. The van der Waals surface area contributed by atoms with Crippen molar-refractivity contribution in [3.8, 4) is 0 Å². The van der Waals surface area contributed by atoms with Crippen molar-refractivity contribution in [3.05, 3.63) is 63.9 Å². The van der Waals surface area contributed by atoms with Gasteiger partial charge in [0.05, 0.1) is 22.0 Å². The van der Waals surface area contributed by atoms with Crippen LogP contribution < -0.4 is 9.62 Å². The predicted octanol–water partition coefficient (Wildman–Crippen LogP) is 3.84. The van der Waals surface area contributed by atoms with Crippen LogP contribution in [0, 0.1) is 5.82 Å². The molecule has 1 atom stereocenters. The molecular formula is C22H26Cl2FN3O4S. The molecular weight excluding hydrogens is 492 g/mol. The molecule has 0 saturated heterocycles. The molecule has 0 saturated carbocycles. The first-order valence-electron chi connectivity index (χ1n) is 10.2. The number of hydrogen-bond acceptors (Lipinski definition) is 4. The lowest BCUT2D eigenvalue weighted by molar-refractivity contribution is -0.139. The van der Waals surface area contributed by atoms with Crippen molar-refractivity contribution >= 4 is 50.7 Å². The molecule has 0 spiro atoms. The van der Waals surface area contributed by atoms with Crippen LogP contribution in [-0.4, -0.2) is 50.5 Å². The van der Waals surface area contributed by atoms with E-state index < -0.39 is 34.3 Å². The Kier molecular flexibility index (Phi) is 9.51. The van der Waals surface area contributed by atoms with Crippen molar-refractivity contribution in [1.29, 1.82) is 0 Å². The minimum atomic E-state index is -3.93. The monoisotopic (exact) mass is 517 g/mol. The number of hydrogen-bond donors (Lipinski definition) is 1. The summed E-state index contributed by atoms with van der Waals surface area (Å²) < 4.78 is 39.3. The molecule has 0 aliphatic rings. The molecule has 2 aromatic rings. The van der Waals surface area contributed by atoms with E-state index in [-0.39, 0.29) is 23.2 Å². The Hall–Kier alpha value is -2.36. The van der Waals surface area contributed by atoms with Crippen molar-refractivity contribution in [2.45, 2.75) is 32.9 Å².